The minimum absolute atomic E-state index is 0.788. The molecular formula is C21H24N4O2. The molecule has 0 radical (unpaired) electrons. The molecule has 2 fully saturated rings. The van der Waals surface area contributed by atoms with Gasteiger partial charge in [0.25, 0.3) is 0 Å². The minimum Gasteiger partial charge on any atom is -0.378 e. The van der Waals surface area contributed by atoms with Crippen molar-refractivity contribution >= 4 is 17.0 Å². The molecule has 4 heterocycles. The molecule has 1 aromatic carbocycles. The quantitative estimate of drug-likeness (QED) is 0.715. The van der Waals surface area contributed by atoms with E-state index in [1.54, 1.807) is 0 Å². The van der Waals surface area contributed by atoms with Gasteiger partial charge >= 0.3 is 0 Å². The summed E-state index contributed by atoms with van der Waals surface area (Å²) in [6.07, 6.45) is 4.17. The van der Waals surface area contributed by atoms with E-state index in [-0.39, 0.29) is 0 Å². The van der Waals surface area contributed by atoms with E-state index in [0.717, 1.165) is 63.9 Å². The molecule has 0 aliphatic carbocycles. The summed E-state index contributed by atoms with van der Waals surface area (Å²) in [4.78, 5) is 9.37. The number of pyridine rings is 1. The summed E-state index contributed by atoms with van der Waals surface area (Å²) in [5.41, 5.74) is 5.74. The van der Waals surface area contributed by atoms with E-state index in [4.69, 9.17) is 9.47 Å². The van der Waals surface area contributed by atoms with Gasteiger partial charge in [0.05, 0.1) is 44.0 Å². The maximum atomic E-state index is 5.48. The van der Waals surface area contributed by atoms with Crippen molar-refractivity contribution in [2.75, 3.05) is 62.4 Å². The second-order valence-electron chi connectivity index (χ2n) is 7.01. The molecule has 0 unspecified atom stereocenters. The fourth-order valence-corrected chi connectivity index (χ4v) is 3.88. The Kier molecular flexibility index (Phi) is 4.43. The molecule has 0 bridgehead atoms. The van der Waals surface area contributed by atoms with Gasteiger partial charge in [-0.25, -0.2) is 4.98 Å². The molecule has 6 nitrogen and oxygen atoms in total. The van der Waals surface area contributed by atoms with E-state index in [9.17, 15) is 0 Å². The van der Waals surface area contributed by atoms with Gasteiger partial charge in [0.1, 0.15) is 5.65 Å². The first kappa shape index (κ1) is 16.6. The largest absolute Gasteiger partial charge is 0.378 e. The minimum atomic E-state index is 0.788. The van der Waals surface area contributed by atoms with E-state index in [1.807, 2.05) is 6.20 Å². The standard InChI is InChI=1S/C21H24N4O2/c1-2-17(14-18(3-1)23-6-10-26-11-7-23)20-15-22-21-5-4-19(16-25(20)21)24-8-12-27-13-9-24/h1-5,14-16H,6-13H2. The second-order valence-corrected chi connectivity index (χ2v) is 7.01. The van der Waals surface area contributed by atoms with Crippen molar-refractivity contribution in [3.63, 3.8) is 0 Å². The van der Waals surface area contributed by atoms with Gasteiger partial charge < -0.3 is 19.3 Å². The van der Waals surface area contributed by atoms with Gasteiger partial charge in [0.2, 0.25) is 0 Å². The molecule has 0 spiro atoms. The predicted molar refractivity (Wildman–Crippen MR) is 107 cm³/mol. The predicted octanol–water partition coefficient (Wildman–Crippen LogP) is 2.67. The van der Waals surface area contributed by atoms with Crippen LogP contribution in [0.15, 0.2) is 48.8 Å². The maximum absolute atomic E-state index is 5.48. The average Bonchev–Trinajstić information content (AvgIpc) is 3.18. The second kappa shape index (κ2) is 7.21. The summed E-state index contributed by atoms with van der Waals surface area (Å²) in [5.74, 6) is 0. The fraction of sp³-hybridized carbons (Fsp3) is 0.381. The van der Waals surface area contributed by atoms with E-state index < -0.39 is 0 Å². The monoisotopic (exact) mass is 364 g/mol. The van der Waals surface area contributed by atoms with Crippen LogP contribution in [0.3, 0.4) is 0 Å². The Morgan fingerprint density at radius 2 is 1.48 bits per heavy atom. The number of hydrogen-bond acceptors (Lipinski definition) is 5. The van der Waals surface area contributed by atoms with Crippen LogP contribution in [-0.2, 0) is 9.47 Å². The van der Waals surface area contributed by atoms with Crippen molar-refractivity contribution in [2.45, 2.75) is 0 Å². The summed E-state index contributed by atoms with van der Waals surface area (Å²) < 4.78 is 13.2. The van der Waals surface area contributed by atoms with E-state index >= 15 is 0 Å². The first-order valence-corrected chi connectivity index (χ1v) is 9.61. The number of hydrogen-bond donors (Lipinski definition) is 0. The zero-order valence-corrected chi connectivity index (χ0v) is 15.4. The van der Waals surface area contributed by atoms with E-state index in [2.05, 4.69) is 61.8 Å². The number of aromatic nitrogens is 2. The molecule has 0 atom stereocenters. The Balaban J connectivity index is 1.50. The highest BCUT2D eigenvalue weighted by Crippen LogP contribution is 2.28. The smallest absolute Gasteiger partial charge is 0.137 e. The summed E-state index contributed by atoms with van der Waals surface area (Å²) in [6, 6.07) is 13.0. The third-order valence-corrected chi connectivity index (χ3v) is 5.38. The molecule has 6 heteroatoms. The Morgan fingerprint density at radius 3 is 2.22 bits per heavy atom. The Hall–Kier alpha value is -2.57. The van der Waals surface area contributed by atoms with Gasteiger partial charge in [-0.05, 0) is 24.3 Å². The molecule has 2 aliphatic rings. The van der Waals surface area contributed by atoms with Gasteiger partial charge in [-0.3, -0.25) is 4.40 Å². The maximum Gasteiger partial charge on any atom is 0.137 e. The van der Waals surface area contributed by atoms with Gasteiger partial charge in [-0.15, -0.1) is 0 Å². The lowest BCUT2D eigenvalue weighted by Crippen LogP contribution is -2.36. The number of ether oxygens (including phenoxy) is 2. The van der Waals surface area contributed by atoms with Crippen LogP contribution in [-0.4, -0.2) is 62.0 Å². The van der Waals surface area contributed by atoms with Crippen molar-refractivity contribution in [1.82, 2.24) is 9.38 Å². The third-order valence-electron chi connectivity index (χ3n) is 5.38. The highest BCUT2D eigenvalue weighted by molar-refractivity contribution is 5.69. The molecule has 2 aromatic heterocycles. The summed E-state index contributed by atoms with van der Waals surface area (Å²) >= 11 is 0. The Morgan fingerprint density at radius 1 is 0.778 bits per heavy atom. The highest BCUT2D eigenvalue weighted by atomic mass is 16.5. The summed E-state index contributed by atoms with van der Waals surface area (Å²) in [6.45, 7) is 6.91. The lowest BCUT2D eigenvalue weighted by atomic mass is 10.1. The summed E-state index contributed by atoms with van der Waals surface area (Å²) in [7, 11) is 0. The molecular weight excluding hydrogens is 340 g/mol. The number of anilines is 2. The number of imidazole rings is 1. The zero-order chi connectivity index (χ0) is 18.1. The van der Waals surface area contributed by atoms with Crippen LogP contribution in [0.2, 0.25) is 0 Å². The number of nitrogens with zero attached hydrogens (tertiary/aromatic N) is 4. The normalized spacial score (nSPS) is 18.2. The number of rotatable bonds is 3. The first-order valence-electron chi connectivity index (χ1n) is 9.61. The molecule has 0 amide bonds. The molecule has 0 N–H and O–H groups in total. The fourth-order valence-electron chi connectivity index (χ4n) is 3.88. The Labute approximate surface area is 158 Å². The molecule has 3 aromatic rings. The van der Waals surface area contributed by atoms with Crippen LogP contribution >= 0.6 is 0 Å². The number of fused-ring (bicyclic) bond motifs is 1. The van der Waals surface area contributed by atoms with Crippen molar-refractivity contribution in [3.05, 3.63) is 48.8 Å². The van der Waals surface area contributed by atoms with Crippen LogP contribution in [0.5, 0.6) is 0 Å². The van der Waals surface area contributed by atoms with Crippen LogP contribution in [0, 0.1) is 0 Å². The lowest BCUT2D eigenvalue weighted by molar-refractivity contribution is 0.122. The number of benzene rings is 1. The van der Waals surface area contributed by atoms with Gasteiger partial charge in [-0.1, -0.05) is 12.1 Å². The molecule has 2 saturated heterocycles. The SMILES string of the molecule is c1cc(-c2cnc3ccc(N4CCOCC4)cn23)cc(N2CCOCC2)c1. The highest BCUT2D eigenvalue weighted by Gasteiger charge is 2.15. The van der Waals surface area contributed by atoms with Crippen molar-refractivity contribution in [2.24, 2.45) is 0 Å². The van der Waals surface area contributed by atoms with Gasteiger partial charge in [0, 0.05) is 43.6 Å². The topological polar surface area (TPSA) is 42.2 Å². The number of morpholine rings is 2. The van der Waals surface area contributed by atoms with Crippen molar-refractivity contribution < 1.29 is 9.47 Å². The molecule has 140 valence electrons. The molecule has 27 heavy (non-hydrogen) atoms. The van der Waals surface area contributed by atoms with Crippen LogP contribution in [0.1, 0.15) is 0 Å². The van der Waals surface area contributed by atoms with Crippen LogP contribution in [0.4, 0.5) is 11.4 Å². The molecule has 5 rings (SSSR count). The van der Waals surface area contributed by atoms with Gasteiger partial charge in [0.15, 0.2) is 0 Å². The third kappa shape index (κ3) is 3.26. The first-order chi connectivity index (χ1) is 13.4. The van der Waals surface area contributed by atoms with Gasteiger partial charge in [-0.2, -0.15) is 0 Å². The van der Waals surface area contributed by atoms with Crippen molar-refractivity contribution in [1.29, 1.82) is 0 Å². The van der Waals surface area contributed by atoms with E-state index in [0.29, 0.717) is 0 Å². The van der Waals surface area contributed by atoms with Crippen LogP contribution in [0.25, 0.3) is 16.9 Å². The summed E-state index contributed by atoms with van der Waals surface area (Å²) in [5, 5.41) is 0. The Bertz CT molecular complexity index is 927. The zero-order valence-electron chi connectivity index (χ0n) is 15.4. The van der Waals surface area contributed by atoms with Crippen LogP contribution < -0.4 is 9.80 Å². The van der Waals surface area contributed by atoms with Crippen molar-refractivity contribution in [3.8, 4) is 11.3 Å². The lowest BCUT2D eigenvalue weighted by Gasteiger charge is -2.29. The molecule has 2 aliphatic heterocycles. The van der Waals surface area contributed by atoms with E-state index in [1.165, 1.54) is 16.9 Å². The average molecular weight is 364 g/mol. The molecule has 0 saturated carbocycles.